The molecule has 2 heterocycles. The minimum atomic E-state index is -3.69. The van der Waals surface area contributed by atoms with Gasteiger partial charge in [-0.15, -0.1) is 0 Å². The third-order valence-electron chi connectivity index (χ3n) is 5.40. The summed E-state index contributed by atoms with van der Waals surface area (Å²) in [5, 5.41) is 0.625. The maximum absolute atomic E-state index is 12.9. The quantitative estimate of drug-likeness (QED) is 0.318. The smallest absolute Gasteiger partial charge is 0.264 e. The molecule has 0 N–H and O–H groups in total. The second-order valence-corrected chi connectivity index (χ2v) is 11.1. The molecule has 1 aromatic heterocycles. The monoisotopic (exact) mass is 582 g/mol. The third-order valence-corrected chi connectivity index (χ3v) is 8.27. The summed E-state index contributed by atoms with van der Waals surface area (Å²) >= 11 is 7.86. The maximum Gasteiger partial charge on any atom is 0.264 e. The van der Waals surface area contributed by atoms with Gasteiger partial charge in [0.2, 0.25) is 10.0 Å². The summed E-state index contributed by atoms with van der Waals surface area (Å²) in [6, 6.07) is 15.8. The first-order valence-electron chi connectivity index (χ1n) is 10.0. The number of carbonyl (C=O) groups is 1. The van der Waals surface area contributed by atoms with Gasteiger partial charge in [0, 0.05) is 29.9 Å². The van der Waals surface area contributed by atoms with E-state index in [-0.39, 0.29) is 20.8 Å². The highest BCUT2D eigenvalue weighted by Crippen LogP contribution is 2.24. The molecule has 1 saturated heterocycles. The van der Waals surface area contributed by atoms with Crippen LogP contribution in [-0.4, -0.2) is 36.2 Å². The summed E-state index contributed by atoms with van der Waals surface area (Å²) in [4.78, 5) is 25.5. The Morgan fingerprint density at radius 3 is 2.34 bits per heavy atom. The molecule has 0 bridgehead atoms. The minimum Gasteiger partial charge on any atom is -0.305 e. The van der Waals surface area contributed by atoms with Gasteiger partial charge in [-0.2, -0.15) is 4.31 Å². The van der Waals surface area contributed by atoms with Crippen LogP contribution >= 0.6 is 34.2 Å². The summed E-state index contributed by atoms with van der Waals surface area (Å²) in [7, 11) is -3.69. The second-order valence-electron chi connectivity index (χ2n) is 7.58. The van der Waals surface area contributed by atoms with Gasteiger partial charge in [0.25, 0.3) is 5.56 Å². The molecule has 3 aromatic rings. The lowest BCUT2D eigenvalue weighted by molar-refractivity contribution is 0.0970. The molecule has 1 fully saturated rings. The summed E-state index contributed by atoms with van der Waals surface area (Å²) in [6.07, 6.45) is 2.91. The van der Waals surface area contributed by atoms with Gasteiger partial charge in [-0.25, -0.2) is 8.42 Å². The summed E-state index contributed by atoms with van der Waals surface area (Å²) in [6.45, 7) is 0.695. The van der Waals surface area contributed by atoms with E-state index in [1.807, 2.05) is 52.9 Å². The lowest BCUT2D eigenvalue weighted by atomic mass is 10.0. The largest absolute Gasteiger partial charge is 0.305 e. The van der Waals surface area contributed by atoms with Gasteiger partial charge in [0.05, 0.1) is 15.0 Å². The van der Waals surface area contributed by atoms with E-state index >= 15 is 0 Å². The number of halogens is 2. The highest BCUT2D eigenvalue weighted by Gasteiger charge is 2.28. The number of benzene rings is 2. The van der Waals surface area contributed by atoms with Crippen LogP contribution in [0.2, 0.25) is 5.02 Å². The Morgan fingerprint density at radius 2 is 1.69 bits per heavy atom. The Bertz CT molecular complexity index is 1330. The lowest BCUT2D eigenvalue weighted by Crippen LogP contribution is -2.31. The number of Topliss-reactive ketones (excluding diaryl/α,β-unsaturated/α-hetero) is 1. The molecule has 0 atom stereocenters. The molecule has 0 unspecified atom stereocenters. The molecule has 1 aliphatic heterocycles. The summed E-state index contributed by atoms with van der Waals surface area (Å²) in [5.41, 5.74) is 1.89. The second kappa shape index (κ2) is 9.46. The van der Waals surface area contributed by atoms with Crippen molar-refractivity contribution in [2.75, 3.05) is 13.1 Å². The van der Waals surface area contributed by atoms with Gasteiger partial charge in [-0.3, -0.25) is 9.59 Å². The van der Waals surface area contributed by atoms with Crippen LogP contribution in [0.15, 0.2) is 70.5 Å². The van der Waals surface area contributed by atoms with Crippen LogP contribution in [0.3, 0.4) is 0 Å². The van der Waals surface area contributed by atoms with E-state index in [0.717, 1.165) is 24.0 Å². The van der Waals surface area contributed by atoms with Gasteiger partial charge >= 0.3 is 0 Å². The number of aromatic nitrogens is 1. The molecular formula is C23H20ClIN2O4S. The molecule has 0 radical (unpaired) electrons. The fourth-order valence-corrected chi connectivity index (χ4v) is 6.28. The van der Waals surface area contributed by atoms with Gasteiger partial charge in [-0.05, 0) is 64.8 Å². The molecule has 0 saturated carbocycles. The Kier molecular flexibility index (Phi) is 6.85. The number of nitrogens with zero attached hydrogens (tertiary/aromatic N) is 2. The standard InChI is InChI=1S/C23H20ClIN2O4S/c24-19-5-3-4-18(12-19)16-6-8-17(9-7-16)22(28)15-26-14-20(13-21(25)23(26)29)32(30,31)27-10-1-2-11-27/h3-9,12-14H,1-2,10-11,15H2. The molecule has 4 rings (SSSR count). The van der Waals surface area contributed by atoms with Crippen molar-refractivity contribution < 1.29 is 13.2 Å². The number of hydrogen-bond acceptors (Lipinski definition) is 4. The average Bonchev–Trinajstić information content (AvgIpc) is 3.33. The van der Waals surface area contributed by atoms with Crippen LogP contribution < -0.4 is 5.56 Å². The number of sulfonamides is 1. The minimum absolute atomic E-state index is 0.0347. The Balaban J connectivity index is 1.59. The number of rotatable bonds is 6. The van der Waals surface area contributed by atoms with E-state index in [2.05, 4.69) is 0 Å². The number of ketones is 1. The van der Waals surface area contributed by atoms with E-state index in [0.29, 0.717) is 23.7 Å². The van der Waals surface area contributed by atoms with Crippen molar-refractivity contribution in [3.63, 3.8) is 0 Å². The molecule has 0 amide bonds. The normalized spacial score (nSPS) is 14.6. The Hall–Kier alpha value is -2.01. The van der Waals surface area contributed by atoms with Gasteiger partial charge in [0.15, 0.2) is 5.78 Å². The van der Waals surface area contributed by atoms with Crippen LogP contribution in [0.1, 0.15) is 23.2 Å². The van der Waals surface area contributed by atoms with Crippen molar-refractivity contribution in [1.82, 2.24) is 8.87 Å². The van der Waals surface area contributed by atoms with Crippen molar-refractivity contribution in [3.05, 3.63) is 85.3 Å². The molecule has 9 heteroatoms. The van der Waals surface area contributed by atoms with E-state index in [9.17, 15) is 18.0 Å². The van der Waals surface area contributed by atoms with Crippen molar-refractivity contribution in [2.45, 2.75) is 24.3 Å². The molecule has 6 nitrogen and oxygen atoms in total. The lowest BCUT2D eigenvalue weighted by Gasteiger charge is -2.17. The highest BCUT2D eigenvalue weighted by atomic mass is 127. The fourth-order valence-electron chi connectivity index (χ4n) is 3.67. The molecule has 2 aromatic carbocycles. The Morgan fingerprint density at radius 1 is 1.00 bits per heavy atom. The van der Waals surface area contributed by atoms with Crippen LogP contribution in [0.4, 0.5) is 0 Å². The van der Waals surface area contributed by atoms with Gasteiger partial charge in [0.1, 0.15) is 0 Å². The van der Waals surface area contributed by atoms with E-state index < -0.39 is 15.6 Å². The van der Waals surface area contributed by atoms with Crippen LogP contribution in [0.5, 0.6) is 0 Å². The molecule has 32 heavy (non-hydrogen) atoms. The van der Waals surface area contributed by atoms with Gasteiger partial charge in [-0.1, -0.05) is 48.0 Å². The van der Waals surface area contributed by atoms with E-state index in [4.69, 9.17) is 11.6 Å². The first kappa shape index (κ1) is 23.2. The van der Waals surface area contributed by atoms with Crippen LogP contribution in [-0.2, 0) is 16.6 Å². The molecule has 0 spiro atoms. The Labute approximate surface area is 205 Å². The zero-order valence-electron chi connectivity index (χ0n) is 17.0. The topological polar surface area (TPSA) is 76.5 Å². The average molecular weight is 583 g/mol. The fraction of sp³-hybridized carbons (Fsp3) is 0.217. The first-order chi connectivity index (χ1) is 15.3. The molecule has 0 aliphatic carbocycles. The SMILES string of the molecule is O=C(Cn1cc(S(=O)(=O)N2CCCC2)cc(I)c1=O)c1ccc(-c2cccc(Cl)c2)cc1. The maximum atomic E-state index is 12.9. The van der Waals surface area contributed by atoms with Crippen molar-refractivity contribution in [1.29, 1.82) is 0 Å². The zero-order chi connectivity index (χ0) is 22.9. The number of pyridine rings is 1. The predicted octanol–water partition coefficient (Wildman–Crippen LogP) is 4.44. The highest BCUT2D eigenvalue weighted by molar-refractivity contribution is 14.1. The molecular weight excluding hydrogens is 563 g/mol. The van der Waals surface area contributed by atoms with Crippen LogP contribution in [0.25, 0.3) is 11.1 Å². The first-order valence-corrected chi connectivity index (χ1v) is 12.9. The van der Waals surface area contributed by atoms with Gasteiger partial charge < -0.3 is 4.57 Å². The number of hydrogen-bond donors (Lipinski definition) is 0. The van der Waals surface area contributed by atoms with Crippen molar-refractivity contribution in [2.24, 2.45) is 0 Å². The van der Waals surface area contributed by atoms with Crippen LogP contribution in [0, 0.1) is 3.57 Å². The molecule has 1 aliphatic rings. The zero-order valence-corrected chi connectivity index (χ0v) is 20.7. The third kappa shape index (κ3) is 4.83. The van der Waals surface area contributed by atoms with E-state index in [1.165, 1.54) is 21.1 Å². The summed E-state index contributed by atoms with van der Waals surface area (Å²) < 4.78 is 28.7. The van der Waals surface area contributed by atoms with E-state index in [1.54, 1.807) is 18.2 Å². The molecule has 166 valence electrons. The summed E-state index contributed by atoms with van der Waals surface area (Å²) in [5.74, 6) is -0.281. The predicted molar refractivity (Wildman–Crippen MR) is 133 cm³/mol. The van der Waals surface area contributed by atoms with Crippen molar-refractivity contribution >= 4 is 50.0 Å². The number of carbonyl (C=O) groups excluding carboxylic acids is 1. The van der Waals surface area contributed by atoms with Crippen molar-refractivity contribution in [3.8, 4) is 11.1 Å².